The Morgan fingerprint density at radius 2 is 1.54 bits per heavy atom. The molecule has 0 N–H and O–H groups in total. The molecule has 1 aromatic carbocycles. The first-order valence-corrected chi connectivity index (χ1v) is 9.82. The minimum atomic E-state index is 0.503. The average Bonchev–Trinajstić information content (AvgIpc) is 3.14. The Kier molecular flexibility index (Phi) is 8.65. The van der Waals surface area contributed by atoms with Gasteiger partial charge in [0.25, 0.3) is 0 Å². The van der Waals surface area contributed by atoms with Gasteiger partial charge in [0.2, 0.25) is 6.17 Å². The summed E-state index contributed by atoms with van der Waals surface area (Å²) in [6, 6.07) is 10.9. The normalized spacial score (nSPS) is 15.8. The molecule has 1 heterocycles. The lowest BCUT2D eigenvalue weighted by molar-refractivity contribution is 0.286. The molecule has 0 spiro atoms. The fraction of sp³-hybridized carbons (Fsp3) is 0.591. The van der Waals surface area contributed by atoms with Gasteiger partial charge >= 0.3 is 0 Å². The van der Waals surface area contributed by atoms with Crippen LogP contribution in [-0.2, 0) is 6.42 Å². The Hall–Kier alpha value is -1.57. The van der Waals surface area contributed by atoms with Crippen LogP contribution in [-0.4, -0.2) is 12.4 Å². The van der Waals surface area contributed by atoms with Crippen molar-refractivity contribution in [3.05, 3.63) is 42.1 Å². The van der Waals surface area contributed by atoms with Crippen molar-refractivity contribution in [3.63, 3.8) is 0 Å². The summed E-state index contributed by atoms with van der Waals surface area (Å²) in [5.41, 5.74) is 1.45. The van der Waals surface area contributed by atoms with Crippen molar-refractivity contribution in [2.75, 3.05) is 0 Å². The minimum absolute atomic E-state index is 0.503. The van der Waals surface area contributed by atoms with Crippen LogP contribution in [0.3, 0.4) is 0 Å². The van der Waals surface area contributed by atoms with E-state index in [1.807, 2.05) is 12.4 Å². The molecule has 2 atom stereocenters. The zero-order chi connectivity index (χ0) is 17.0. The van der Waals surface area contributed by atoms with E-state index in [2.05, 4.69) is 54.2 Å². The second kappa shape index (κ2) is 11.1. The monoisotopic (exact) mass is 325 g/mol. The first-order chi connectivity index (χ1) is 11.8. The van der Waals surface area contributed by atoms with Crippen LogP contribution in [0.4, 0.5) is 0 Å². The highest BCUT2D eigenvalue weighted by molar-refractivity contribution is 6.18. The molecule has 2 unspecified atom stereocenters. The van der Waals surface area contributed by atoms with Gasteiger partial charge in [-0.25, -0.2) is 0 Å². The molecule has 130 valence electrons. The molecular weight excluding hydrogens is 292 g/mol. The van der Waals surface area contributed by atoms with E-state index < -0.39 is 0 Å². The number of rotatable bonds is 12. The lowest BCUT2D eigenvalue weighted by Gasteiger charge is -2.26. The van der Waals surface area contributed by atoms with E-state index in [0.717, 1.165) is 12.6 Å². The third-order valence-electron chi connectivity index (χ3n) is 5.02. The Bertz CT molecular complexity index is 480. The van der Waals surface area contributed by atoms with Gasteiger partial charge in [-0.05, 0) is 30.7 Å². The van der Waals surface area contributed by atoms with E-state index in [1.54, 1.807) is 0 Å². The second-order valence-electron chi connectivity index (χ2n) is 6.96. The second-order valence-corrected chi connectivity index (χ2v) is 6.96. The van der Waals surface area contributed by atoms with Crippen molar-refractivity contribution in [1.82, 2.24) is 0 Å². The van der Waals surface area contributed by atoms with Gasteiger partial charge in [0.15, 0.2) is 12.4 Å². The summed E-state index contributed by atoms with van der Waals surface area (Å²) in [5, 5.41) is 0. The Morgan fingerprint density at radius 1 is 0.833 bits per heavy atom. The van der Waals surface area contributed by atoms with Gasteiger partial charge in [-0.2, -0.15) is 0 Å². The van der Waals surface area contributed by atoms with Crippen molar-refractivity contribution in [2.45, 2.75) is 71.6 Å². The number of benzene rings is 1. The van der Waals surface area contributed by atoms with Gasteiger partial charge < -0.3 is 0 Å². The fourth-order valence-corrected chi connectivity index (χ4v) is 3.64. The Balaban J connectivity index is 2.06. The zero-order valence-electron chi connectivity index (χ0n) is 15.5. The summed E-state index contributed by atoms with van der Waals surface area (Å²) in [4.78, 5) is 9.15. The summed E-state index contributed by atoms with van der Waals surface area (Å²) < 4.78 is 0. The van der Waals surface area contributed by atoms with Crippen LogP contribution in [0.25, 0.3) is 0 Å². The molecule has 2 heteroatoms. The molecule has 1 aliphatic heterocycles. The smallest absolute Gasteiger partial charge is 0.0965 e. The maximum atomic E-state index is 4.57. The van der Waals surface area contributed by atoms with E-state index in [-0.39, 0.29) is 0 Å². The summed E-state index contributed by atoms with van der Waals surface area (Å²) in [6.45, 7) is 4.56. The molecule has 0 fully saturated rings. The van der Waals surface area contributed by atoms with Crippen LogP contribution in [0.2, 0.25) is 0 Å². The van der Waals surface area contributed by atoms with E-state index in [9.17, 15) is 0 Å². The van der Waals surface area contributed by atoms with Gasteiger partial charge in [-0.3, -0.25) is 0 Å². The third kappa shape index (κ3) is 6.14. The fourth-order valence-electron chi connectivity index (χ4n) is 3.64. The number of hydrogen-bond donors (Lipinski definition) is 0. The molecule has 0 aliphatic carbocycles. The minimum Gasteiger partial charge on any atom is -0.0965 e. The molecule has 1 aromatic rings. The van der Waals surface area contributed by atoms with E-state index >= 15 is 0 Å². The molecule has 0 saturated carbocycles. The molecule has 1 aliphatic rings. The van der Waals surface area contributed by atoms with E-state index in [1.165, 1.54) is 56.9 Å². The van der Waals surface area contributed by atoms with Gasteiger partial charge in [0.05, 0.1) is 5.92 Å². The lowest BCUT2D eigenvalue weighted by Crippen LogP contribution is -2.22. The molecular formula is C22H33N2+. The summed E-state index contributed by atoms with van der Waals surface area (Å²) >= 11 is 0. The number of unbranched alkanes of at least 4 members (excludes halogenated alkanes) is 4. The number of hydrogen-bond acceptors (Lipinski definition) is 2. The highest BCUT2D eigenvalue weighted by atomic mass is 15.0. The highest BCUT2D eigenvalue weighted by Crippen LogP contribution is 2.36. The van der Waals surface area contributed by atoms with Gasteiger partial charge in [-0.1, -0.05) is 92.7 Å². The van der Waals surface area contributed by atoms with E-state index in [4.69, 9.17) is 0 Å². The topological polar surface area (TPSA) is 24.7 Å². The van der Waals surface area contributed by atoms with Crippen LogP contribution in [0.1, 0.15) is 70.8 Å². The number of nitrogens with zero attached hydrogens (tertiary/aromatic N) is 2. The maximum absolute atomic E-state index is 4.57. The first-order valence-electron chi connectivity index (χ1n) is 9.82. The summed E-state index contributed by atoms with van der Waals surface area (Å²) in [6.07, 6.45) is 16.2. The predicted molar refractivity (Wildman–Crippen MR) is 106 cm³/mol. The highest BCUT2D eigenvalue weighted by Gasteiger charge is 2.35. The average molecular weight is 326 g/mol. The Morgan fingerprint density at radius 3 is 2.21 bits per heavy atom. The van der Waals surface area contributed by atoms with Crippen molar-refractivity contribution < 1.29 is 0 Å². The van der Waals surface area contributed by atoms with Crippen molar-refractivity contribution in [1.29, 1.82) is 0 Å². The van der Waals surface area contributed by atoms with E-state index in [0.29, 0.717) is 11.8 Å². The van der Waals surface area contributed by atoms with Gasteiger partial charge in [-0.15, -0.1) is 0 Å². The van der Waals surface area contributed by atoms with Crippen molar-refractivity contribution in [3.8, 4) is 0 Å². The molecule has 2 nitrogen and oxygen atoms in total. The van der Waals surface area contributed by atoms with Crippen molar-refractivity contribution in [2.24, 2.45) is 21.8 Å². The molecule has 0 bridgehead atoms. The maximum Gasteiger partial charge on any atom is 0.244 e. The molecule has 0 saturated heterocycles. The Labute approximate surface area is 148 Å². The summed E-state index contributed by atoms with van der Waals surface area (Å²) in [5.74, 6) is 1.15. The standard InChI is InChI=1S/C22H33N2/c1-3-5-7-11-15-21(22-23-16-17-24-22)20(14-6-4-2)18-19-12-9-8-10-13-19/h8-10,12-13,16-17,20-21H,3-7,11,14-15,18H2,1-2H3/q+1. The SMILES string of the molecule is CCCCCCC([C+]1N=CC=N1)C(CCCC)Cc1ccccc1. The lowest BCUT2D eigenvalue weighted by atomic mass is 9.78. The predicted octanol–water partition coefficient (Wildman–Crippen LogP) is 6.27. The molecule has 0 radical (unpaired) electrons. The third-order valence-corrected chi connectivity index (χ3v) is 5.02. The quantitative estimate of drug-likeness (QED) is 0.320. The molecule has 0 aromatic heterocycles. The van der Waals surface area contributed by atoms with Crippen LogP contribution in [0.15, 0.2) is 40.3 Å². The van der Waals surface area contributed by atoms with Gasteiger partial charge in [0, 0.05) is 0 Å². The van der Waals surface area contributed by atoms with Crippen molar-refractivity contribution >= 4 is 12.4 Å². The van der Waals surface area contributed by atoms with Crippen LogP contribution in [0, 0.1) is 18.0 Å². The molecule has 0 amide bonds. The largest absolute Gasteiger partial charge is 0.244 e. The van der Waals surface area contributed by atoms with Crippen LogP contribution in [0.5, 0.6) is 0 Å². The molecule has 24 heavy (non-hydrogen) atoms. The summed E-state index contributed by atoms with van der Waals surface area (Å²) in [7, 11) is 0. The first kappa shape index (κ1) is 18.8. The molecule has 2 rings (SSSR count). The van der Waals surface area contributed by atoms with Crippen LogP contribution < -0.4 is 0 Å². The van der Waals surface area contributed by atoms with Crippen LogP contribution >= 0.6 is 0 Å². The zero-order valence-corrected chi connectivity index (χ0v) is 15.5. The van der Waals surface area contributed by atoms with Gasteiger partial charge in [0.1, 0.15) is 0 Å². The number of aliphatic imine (C=N–C) groups is 2.